The Labute approximate surface area is 170 Å². The molecule has 0 aliphatic carbocycles. The van der Waals surface area contributed by atoms with Crippen LogP contribution in [0, 0.1) is 11.8 Å². The molecule has 2 aromatic heterocycles. The van der Waals surface area contributed by atoms with E-state index in [1.165, 1.54) is 6.42 Å². The molecule has 1 unspecified atom stereocenters. The number of hydrogen-bond acceptors (Lipinski definition) is 6. The number of aromatic nitrogens is 2. The molecular formula is C22H24N4OS. The lowest BCUT2D eigenvalue weighted by atomic mass is 10.2. The van der Waals surface area contributed by atoms with Crippen molar-refractivity contribution in [2.45, 2.75) is 18.9 Å². The van der Waals surface area contributed by atoms with Gasteiger partial charge in [0.15, 0.2) is 5.69 Å². The fourth-order valence-electron chi connectivity index (χ4n) is 3.30. The molecule has 144 valence electrons. The van der Waals surface area contributed by atoms with E-state index in [-0.39, 0.29) is 0 Å². The van der Waals surface area contributed by atoms with Gasteiger partial charge in [-0.1, -0.05) is 5.92 Å². The van der Waals surface area contributed by atoms with E-state index in [1.54, 1.807) is 11.3 Å². The molecule has 0 amide bonds. The van der Waals surface area contributed by atoms with Gasteiger partial charge in [0.25, 0.3) is 0 Å². The molecular weight excluding hydrogens is 368 g/mol. The Morgan fingerprint density at radius 1 is 1.14 bits per heavy atom. The van der Waals surface area contributed by atoms with Crippen molar-refractivity contribution in [1.29, 1.82) is 0 Å². The first-order chi connectivity index (χ1) is 13.6. The number of hydrogen-bond donors (Lipinski definition) is 0. The lowest BCUT2D eigenvalue weighted by molar-refractivity contribution is 0.193. The van der Waals surface area contributed by atoms with Gasteiger partial charge in [0.2, 0.25) is 5.88 Å². The number of fused-ring (bicyclic) bond motifs is 1. The molecule has 0 bridgehead atoms. The molecule has 1 aliphatic heterocycles. The topological polar surface area (TPSA) is 41.5 Å². The van der Waals surface area contributed by atoms with E-state index in [1.807, 2.05) is 37.0 Å². The van der Waals surface area contributed by atoms with Crippen LogP contribution < -0.4 is 9.64 Å². The Balaban J connectivity index is 1.60. The van der Waals surface area contributed by atoms with Gasteiger partial charge in [0.05, 0.1) is 0 Å². The maximum atomic E-state index is 6.09. The molecule has 5 nitrogen and oxygen atoms in total. The van der Waals surface area contributed by atoms with E-state index >= 15 is 0 Å². The summed E-state index contributed by atoms with van der Waals surface area (Å²) in [6.07, 6.45) is 2.37. The van der Waals surface area contributed by atoms with Gasteiger partial charge in [0, 0.05) is 42.1 Å². The van der Waals surface area contributed by atoms with Crippen molar-refractivity contribution < 1.29 is 4.74 Å². The standard InChI is InChI=1S/C22H24N4OS/c1-25(2)17-9-6-16(7-10-17)8-11-19-22(24-21-15-28-14-20(21)23-19)27-13-18-5-4-12-26(18)3/h6-7,9-10,14-15,18H,4-5,12-13H2,1-3H3. The van der Waals surface area contributed by atoms with Crippen LogP contribution in [0.25, 0.3) is 11.0 Å². The minimum atomic E-state index is 0.430. The third kappa shape index (κ3) is 4.11. The van der Waals surface area contributed by atoms with Crippen LogP contribution in [0.2, 0.25) is 0 Å². The first-order valence-corrected chi connectivity index (χ1v) is 10.4. The highest BCUT2D eigenvalue weighted by atomic mass is 32.1. The molecule has 0 spiro atoms. The van der Waals surface area contributed by atoms with Crippen molar-refractivity contribution in [3.8, 4) is 17.7 Å². The second kappa shape index (κ2) is 8.17. The van der Waals surface area contributed by atoms with Crippen LogP contribution in [-0.4, -0.2) is 55.2 Å². The zero-order valence-corrected chi connectivity index (χ0v) is 17.3. The van der Waals surface area contributed by atoms with Gasteiger partial charge in [0.1, 0.15) is 17.6 Å². The van der Waals surface area contributed by atoms with E-state index in [0.717, 1.165) is 35.2 Å². The van der Waals surface area contributed by atoms with Crippen LogP contribution in [0.5, 0.6) is 5.88 Å². The summed E-state index contributed by atoms with van der Waals surface area (Å²) in [7, 11) is 6.20. The van der Waals surface area contributed by atoms with Gasteiger partial charge in [-0.3, -0.25) is 0 Å². The van der Waals surface area contributed by atoms with E-state index < -0.39 is 0 Å². The number of ether oxygens (including phenoxy) is 1. The first-order valence-electron chi connectivity index (χ1n) is 9.46. The average Bonchev–Trinajstić information content (AvgIpc) is 3.32. The third-order valence-electron chi connectivity index (χ3n) is 5.07. The smallest absolute Gasteiger partial charge is 0.249 e. The van der Waals surface area contributed by atoms with E-state index in [9.17, 15) is 0 Å². The quantitative estimate of drug-likeness (QED) is 0.634. The fraction of sp³-hybridized carbons (Fsp3) is 0.364. The number of rotatable bonds is 4. The Kier molecular flexibility index (Phi) is 5.47. The van der Waals surface area contributed by atoms with Gasteiger partial charge in [-0.15, -0.1) is 11.3 Å². The Morgan fingerprint density at radius 3 is 2.57 bits per heavy atom. The molecule has 1 saturated heterocycles. The Morgan fingerprint density at radius 2 is 1.89 bits per heavy atom. The third-order valence-corrected chi connectivity index (χ3v) is 5.79. The summed E-state index contributed by atoms with van der Waals surface area (Å²) in [5.74, 6) is 6.91. The van der Waals surface area contributed by atoms with E-state index in [4.69, 9.17) is 4.74 Å². The molecule has 0 radical (unpaired) electrons. The van der Waals surface area contributed by atoms with Gasteiger partial charge in [-0.2, -0.15) is 0 Å². The molecule has 3 aromatic rings. The number of nitrogens with zero attached hydrogens (tertiary/aromatic N) is 4. The SMILES string of the molecule is CN(C)c1ccc(C#Cc2nc3cscc3nc2OCC2CCCN2C)cc1. The maximum Gasteiger partial charge on any atom is 0.249 e. The van der Waals surface area contributed by atoms with Crippen molar-refractivity contribution in [2.75, 3.05) is 39.2 Å². The lowest BCUT2D eigenvalue weighted by Crippen LogP contribution is -2.30. The summed E-state index contributed by atoms with van der Waals surface area (Å²) >= 11 is 1.59. The van der Waals surface area contributed by atoms with Crippen molar-refractivity contribution >= 4 is 28.1 Å². The number of likely N-dealkylation sites (tertiary alicyclic amines) is 1. The van der Waals surface area contributed by atoms with Crippen LogP contribution in [-0.2, 0) is 0 Å². The average molecular weight is 393 g/mol. The minimum Gasteiger partial charge on any atom is -0.474 e. The van der Waals surface area contributed by atoms with Crippen LogP contribution in [0.15, 0.2) is 35.0 Å². The van der Waals surface area contributed by atoms with Crippen LogP contribution in [0.3, 0.4) is 0 Å². The number of anilines is 1. The van der Waals surface area contributed by atoms with E-state index in [2.05, 4.69) is 50.8 Å². The highest BCUT2D eigenvalue weighted by Gasteiger charge is 2.22. The number of likely N-dealkylation sites (N-methyl/N-ethyl adjacent to an activating group) is 1. The van der Waals surface area contributed by atoms with Crippen LogP contribution in [0.1, 0.15) is 24.1 Å². The highest BCUT2D eigenvalue weighted by molar-refractivity contribution is 7.09. The summed E-state index contributed by atoms with van der Waals surface area (Å²) in [5, 5.41) is 3.99. The monoisotopic (exact) mass is 392 g/mol. The molecule has 1 aliphatic rings. The molecule has 28 heavy (non-hydrogen) atoms. The molecule has 0 saturated carbocycles. The zero-order valence-electron chi connectivity index (χ0n) is 16.5. The summed E-state index contributed by atoms with van der Waals surface area (Å²) in [6, 6.07) is 8.59. The first kappa shape index (κ1) is 18.7. The van der Waals surface area contributed by atoms with E-state index in [0.29, 0.717) is 24.2 Å². The predicted molar refractivity (Wildman–Crippen MR) is 115 cm³/mol. The molecule has 1 aromatic carbocycles. The van der Waals surface area contributed by atoms with Crippen molar-refractivity contribution in [3.63, 3.8) is 0 Å². The highest BCUT2D eigenvalue weighted by Crippen LogP contribution is 2.23. The number of benzene rings is 1. The van der Waals surface area contributed by atoms with Crippen molar-refractivity contribution in [3.05, 3.63) is 46.3 Å². The fourth-order valence-corrected chi connectivity index (χ4v) is 3.98. The lowest BCUT2D eigenvalue weighted by Gasteiger charge is -2.19. The molecule has 0 N–H and O–H groups in total. The Hall–Kier alpha value is -2.62. The van der Waals surface area contributed by atoms with Gasteiger partial charge >= 0.3 is 0 Å². The van der Waals surface area contributed by atoms with Gasteiger partial charge in [-0.05, 0) is 56.6 Å². The molecule has 6 heteroatoms. The summed E-state index contributed by atoms with van der Waals surface area (Å²) in [4.78, 5) is 13.8. The maximum absolute atomic E-state index is 6.09. The molecule has 4 rings (SSSR count). The summed E-state index contributed by atoms with van der Waals surface area (Å²) in [5.41, 5.74) is 4.42. The predicted octanol–water partition coefficient (Wildman–Crippen LogP) is 3.63. The van der Waals surface area contributed by atoms with Crippen molar-refractivity contribution in [2.24, 2.45) is 0 Å². The normalized spacial score (nSPS) is 16.8. The summed E-state index contributed by atoms with van der Waals surface area (Å²) in [6.45, 7) is 1.74. The molecule has 1 atom stereocenters. The molecule has 3 heterocycles. The van der Waals surface area contributed by atoms with Crippen LogP contribution >= 0.6 is 11.3 Å². The Bertz CT molecular complexity index is 1020. The van der Waals surface area contributed by atoms with Crippen LogP contribution in [0.4, 0.5) is 5.69 Å². The second-order valence-electron chi connectivity index (χ2n) is 7.30. The van der Waals surface area contributed by atoms with Gasteiger partial charge < -0.3 is 14.5 Å². The largest absolute Gasteiger partial charge is 0.474 e. The summed E-state index contributed by atoms with van der Waals surface area (Å²) < 4.78 is 6.09. The second-order valence-corrected chi connectivity index (χ2v) is 8.04. The van der Waals surface area contributed by atoms with Crippen molar-refractivity contribution in [1.82, 2.24) is 14.9 Å². The minimum absolute atomic E-state index is 0.430. The number of thiophene rings is 1. The zero-order chi connectivity index (χ0) is 19.5. The molecule has 1 fully saturated rings. The van der Waals surface area contributed by atoms with Gasteiger partial charge in [-0.25, -0.2) is 9.97 Å².